The Balaban J connectivity index is 1.59. The molecule has 3 rings (SSSR count). The van der Waals surface area contributed by atoms with E-state index in [-0.39, 0.29) is 17.3 Å². The molecule has 0 saturated carbocycles. The van der Waals surface area contributed by atoms with Crippen LogP contribution in [-0.4, -0.2) is 25.4 Å². The molecule has 1 amide bonds. The van der Waals surface area contributed by atoms with Crippen molar-refractivity contribution in [2.75, 3.05) is 6.54 Å². The Bertz CT molecular complexity index is 1150. The predicted molar refractivity (Wildman–Crippen MR) is 100 cm³/mol. The van der Waals surface area contributed by atoms with Gasteiger partial charge in [0.15, 0.2) is 5.58 Å². The topological polar surface area (TPSA) is 124 Å². The third-order valence-corrected chi connectivity index (χ3v) is 5.08. The molecule has 1 heterocycles. The van der Waals surface area contributed by atoms with Gasteiger partial charge in [-0.2, -0.15) is 0 Å². The number of hydrogen-bond acceptors (Lipinski definition) is 5. The van der Waals surface area contributed by atoms with Crippen molar-refractivity contribution < 1.29 is 17.6 Å². The van der Waals surface area contributed by atoms with Crippen molar-refractivity contribution >= 4 is 38.6 Å². The fourth-order valence-electron chi connectivity index (χ4n) is 2.58. The third kappa shape index (κ3) is 4.57. The second-order valence-corrected chi connectivity index (χ2v) is 7.85. The van der Waals surface area contributed by atoms with Crippen LogP contribution in [0.3, 0.4) is 0 Å². The highest BCUT2D eigenvalue weighted by Crippen LogP contribution is 2.18. The number of primary sulfonamides is 1. The number of benzene rings is 2. The summed E-state index contributed by atoms with van der Waals surface area (Å²) in [5.41, 5.74) is 1.64. The molecule has 10 heteroatoms. The summed E-state index contributed by atoms with van der Waals surface area (Å²) in [6, 6.07) is 10.8. The number of aromatic nitrogens is 1. The van der Waals surface area contributed by atoms with Gasteiger partial charge >= 0.3 is 5.76 Å². The van der Waals surface area contributed by atoms with E-state index in [0.717, 1.165) is 5.56 Å². The van der Waals surface area contributed by atoms with Crippen LogP contribution in [0, 0.1) is 0 Å². The van der Waals surface area contributed by atoms with E-state index in [1.165, 1.54) is 22.8 Å². The number of halogens is 1. The van der Waals surface area contributed by atoms with Gasteiger partial charge in [0.1, 0.15) is 6.54 Å². The van der Waals surface area contributed by atoms with Gasteiger partial charge in [0, 0.05) is 17.6 Å². The van der Waals surface area contributed by atoms with Crippen molar-refractivity contribution in [3.05, 3.63) is 63.6 Å². The fraction of sp³-hybridized carbons (Fsp3) is 0.176. The van der Waals surface area contributed by atoms with Gasteiger partial charge in [0.2, 0.25) is 15.9 Å². The van der Waals surface area contributed by atoms with E-state index in [1.807, 2.05) is 0 Å². The minimum Gasteiger partial charge on any atom is -0.408 e. The summed E-state index contributed by atoms with van der Waals surface area (Å²) in [5, 5.41) is 8.18. The number of amides is 1. The Morgan fingerprint density at radius 1 is 1.19 bits per heavy atom. The quantitative estimate of drug-likeness (QED) is 0.634. The summed E-state index contributed by atoms with van der Waals surface area (Å²) < 4.78 is 28.7. The molecule has 3 aromatic rings. The van der Waals surface area contributed by atoms with Crippen LogP contribution in [0.15, 0.2) is 56.6 Å². The second kappa shape index (κ2) is 7.55. The molecule has 0 bridgehead atoms. The highest BCUT2D eigenvalue weighted by Gasteiger charge is 2.13. The molecule has 3 N–H and O–H groups in total. The van der Waals surface area contributed by atoms with Crippen molar-refractivity contribution in [2.24, 2.45) is 5.14 Å². The van der Waals surface area contributed by atoms with Gasteiger partial charge in [0.25, 0.3) is 0 Å². The van der Waals surface area contributed by atoms with Crippen molar-refractivity contribution in [3.8, 4) is 0 Å². The number of nitrogens with two attached hydrogens (primary N) is 1. The first kappa shape index (κ1) is 19.2. The zero-order valence-corrected chi connectivity index (χ0v) is 15.6. The second-order valence-electron chi connectivity index (χ2n) is 5.86. The smallest absolute Gasteiger partial charge is 0.408 e. The summed E-state index contributed by atoms with van der Waals surface area (Å²) in [5.74, 6) is -0.989. The van der Waals surface area contributed by atoms with Crippen molar-refractivity contribution in [2.45, 2.75) is 17.9 Å². The molecule has 8 nitrogen and oxygen atoms in total. The number of carbonyl (C=O) groups is 1. The van der Waals surface area contributed by atoms with E-state index >= 15 is 0 Å². The fourth-order valence-corrected chi connectivity index (χ4v) is 3.26. The number of oxazole rings is 1. The van der Waals surface area contributed by atoms with E-state index in [4.69, 9.17) is 21.2 Å². The molecular formula is C17H16ClN3O5S. The molecule has 2 aromatic carbocycles. The highest BCUT2D eigenvalue weighted by atomic mass is 35.5. The number of carbonyl (C=O) groups excluding carboxylic acids is 1. The summed E-state index contributed by atoms with van der Waals surface area (Å²) >= 11 is 5.86. The average Bonchev–Trinajstić information content (AvgIpc) is 2.89. The van der Waals surface area contributed by atoms with Gasteiger partial charge in [-0.05, 0) is 36.2 Å². The van der Waals surface area contributed by atoms with Gasteiger partial charge in [-0.15, -0.1) is 0 Å². The summed E-state index contributed by atoms with van der Waals surface area (Å²) in [4.78, 5) is 24.1. The van der Waals surface area contributed by atoms with Crippen LogP contribution in [-0.2, 0) is 27.8 Å². The summed E-state index contributed by atoms with van der Waals surface area (Å²) in [7, 11) is -3.73. The first-order chi connectivity index (χ1) is 12.7. The summed E-state index contributed by atoms with van der Waals surface area (Å²) in [6.07, 6.45) is 0.493. The minimum absolute atomic E-state index is 0.0293. The number of rotatable bonds is 6. The molecule has 0 aliphatic carbocycles. The van der Waals surface area contributed by atoms with Gasteiger partial charge in [-0.3, -0.25) is 9.36 Å². The van der Waals surface area contributed by atoms with Crippen LogP contribution in [0.4, 0.5) is 0 Å². The molecular weight excluding hydrogens is 394 g/mol. The van der Waals surface area contributed by atoms with E-state index in [1.54, 1.807) is 24.3 Å². The lowest BCUT2D eigenvalue weighted by molar-refractivity contribution is -0.121. The van der Waals surface area contributed by atoms with Gasteiger partial charge in [0.05, 0.1) is 10.4 Å². The van der Waals surface area contributed by atoms with Gasteiger partial charge < -0.3 is 9.73 Å². The molecule has 1 aromatic heterocycles. The lowest BCUT2D eigenvalue weighted by atomic mass is 10.1. The van der Waals surface area contributed by atoms with E-state index in [9.17, 15) is 18.0 Å². The predicted octanol–water partition coefficient (Wildman–Crippen LogP) is 1.25. The maximum absolute atomic E-state index is 12.1. The standard InChI is InChI=1S/C17H16ClN3O5S/c18-12-3-6-14-15(9-12)26-17(23)21(14)10-16(22)20-8-7-11-1-4-13(5-2-11)27(19,24)25/h1-6,9H,7-8,10H2,(H,20,22)(H2,19,24,25). The normalized spacial score (nSPS) is 11.6. The molecule has 0 aliphatic heterocycles. The van der Waals surface area contributed by atoms with Crippen molar-refractivity contribution in [3.63, 3.8) is 0 Å². The number of hydrogen-bond donors (Lipinski definition) is 2. The van der Waals surface area contributed by atoms with Gasteiger partial charge in [-0.1, -0.05) is 23.7 Å². The zero-order valence-electron chi connectivity index (χ0n) is 14.0. The molecule has 0 saturated heterocycles. The molecule has 27 heavy (non-hydrogen) atoms. The molecule has 142 valence electrons. The average molecular weight is 410 g/mol. The molecule has 0 aliphatic rings. The molecule has 0 spiro atoms. The number of nitrogens with zero attached hydrogens (tertiary/aromatic N) is 1. The number of sulfonamides is 1. The number of fused-ring (bicyclic) bond motifs is 1. The minimum atomic E-state index is -3.73. The van der Waals surface area contributed by atoms with Crippen LogP contribution < -0.4 is 16.2 Å². The van der Waals surface area contributed by atoms with Crippen LogP contribution in [0.5, 0.6) is 0 Å². The molecule has 0 fully saturated rings. The van der Waals surface area contributed by atoms with Crippen molar-refractivity contribution in [1.29, 1.82) is 0 Å². The summed E-state index contributed by atoms with van der Waals surface area (Å²) in [6.45, 7) is 0.141. The Morgan fingerprint density at radius 2 is 1.89 bits per heavy atom. The van der Waals surface area contributed by atoms with E-state index in [0.29, 0.717) is 29.1 Å². The monoisotopic (exact) mass is 409 g/mol. The van der Waals surface area contributed by atoms with E-state index < -0.39 is 15.8 Å². The largest absolute Gasteiger partial charge is 0.420 e. The lowest BCUT2D eigenvalue weighted by Crippen LogP contribution is -2.32. The Labute approximate surface area is 159 Å². The Morgan fingerprint density at radius 3 is 2.56 bits per heavy atom. The molecule has 0 radical (unpaired) electrons. The first-order valence-electron chi connectivity index (χ1n) is 7.91. The van der Waals surface area contributed by atoms with Gasteiger partial charge in [-0.25, -0.2) is 18.4 Å². The SMILES string of the molecule is NS(=O)(=O)c1ccc(CCNC(=O)Cn2c(=O)oc3cc(Cl)ccc32)cc1. The first-order valence-corrected chi connectivity index (χ1v) is 9.84. The molecule has 0 atom stereocenters. The van der Waals surface area contributed by atoms with Crippen LogP contribution in [0.1, 0.15) is 5.56 Å². The maximum Gasteiger partial charge on any atom is 0.420 e. The molecule has 0 unspecified atom stereocenters. The third-order valence-electron chi connectivity index (χ3n) is 3.92. The van der Waals surface area contributed by atoms with Crippen LogP contribution in [0.2, 0.25) is 5.02 Å². The van der Waals surface area contributed by atoms with Crippen molar-refractivity contribution in [1.82, 2.24) is 9.88 Å². The number of nitrogens with one attached hydrogen (secondary N) is 1. The maximum atomic E-state index is 12.1. The van der Waals surface area contributed by atoms with E-state index in [2.05, 4.69) is 5.32 Å². The Hall–Kier alpha value is -2.62. The van der Waals surface area contributed by atoms with Crippen LogP contribution >= 0.6 is 11.6 Å². The van der Waals surface area contributed by atoms with Crippen LogP contribution in [0.25, 0.3) is 11.1 Å². The zero-order chi connectivity index (χ0) is 19.6. The highest BCUT2D eigenvalue weighted by molar-refractivity contribution is 7.89. The Kier molecular flexibility index (Phi) is 5.36. The lowest BCUT2D eigenvalue weighted by Gasteiger charge is -2.06.